The van der Waals surface area contributed by atoms with Gasteiger partial charge in [0.2, 0.25) is 5.91 Å². The van der Waals surface area contributed by atoms with E-state index in [1.54, 1.807) is 30.9 Å². The van der Waals surface area contributed by atoms with E-state index in [2.05, 4.69) is 32.1 Å². The molecule has 3 saturated carbocycles. The van der Waals surface area contributed by atoms with Crippen LogP contribution < -0.4 is 16.0 Å². The molecule has 2 amide bonds. The van der Waals surface area contributed by atoms with Crippen LogP contribution in [-0.2, 0) is 4.79 Å². The topological polar surface area (TPSA) is 124 Å². The van der Waals surface area contributed by atoms with Gasteiger partial charge in [-0.2, -0.15) is 10.4 Å². The molecule has 6 rings (SSSR count). The molecule has 0 saturated heterocycles. The Morgan fingerprint density at radius 3 is 2.41 bits per heavy atom. The molecule has 174 valence electrons. The molecule has 2 bridgehead atoms. The number of anilines is 1. The minimum Gasteiger partial charge on any atom is -0.379 e. The van der Waals surface area contributed by atoms with Crippen molar-refractivity contribution in [3.05, 3.63) is 47.8 Å². The molecule has 3 fully saturated rings. The summed E-state index contributed by atoms with van der Waals surface area (Å²) in [6, 6.07) is 9.58. The molecular formula is C25H27N7O2. The zero-order chi connectivity index (χ0) is 23.9. The van der Waals surface area contributed by atoms with Gasteiger partial charge >= 0.3 is 0 Å². The van der Waals surface area contributed by atoms with E-state index in [0.717, 1.165) is 55.4 Å². The van der Waals surface area contributed by atoms with Crippen LogP contribution in [-0.4, -0.2) is 46.0 Å². The minimum atomic E-state index is -0.260. The van der Waals surface area contributed by atoms with Gasteiger partial charge in [0, 0.05) is 31.2 Å². The molecule has 3 aromatic rings. The maximum atomic E-state index is 12.6. The van der Waals surface area contributed by atoms with E-state index < -0.39 is 0 Å². The summed E-state index contributed by atoms with van der Waals surface area (Å²) in [7, 11) is 3.32. The monoisotopic (exact) mass is 457 g/mol. The second-order valence-electron chi connectivity index (χ2n) is 9.37. The van der Waals surface area contributed by atoms with Crippen LogP contribution in [0.2, 0.25) is 0 Å². The third-order valence-electron chi connectivity index (χ3n) is 7.62. The van der Waals surface area contributed by atoms with Gasteiger partial charge in [0.05, 0.1) is 39.9 Å². The van der Waals surface area contributed by atoms with Crippen molar-refractivity contribution in [2.75, 3.05) is 19.4 Å². The largest absolute Gasteiger partial charge is 0.379 e. The highest BCUT2D eigenvalue weighted by Gasteiger charge is 2.52. The average molecular weight is 458 g/mol. The first kappa shape index (κ1) is 21.9. The second-order valence-corrected chi connectivity index (χ2v) is 9.37. The molecule has 3 aromatic heterocycles. The van der Waals surface area contributed by atoms with Crippen LogP contribution in [0.3, 0.4) is 0 Å². The van der Waals surface area contributed by atoms with E-state index in [-0.39, 0.29) is 22.8 Å². The zero-order valence-electron chi connectivity index (χ0n) is 19.3. The molecule has 3 aliphatic carbocycles. The van der Waals surface area contributed by atoms with Gasteiger partial charge in [0.25, 0.3) is 5.91 Å². The molecule has 0 aromatic carbocycles. The minimum absolute atomic E-state index is 0.144. The van der Waals surface area contributed by atoms with Gasteiger partial charge in [-0.15, -0.1) is 0 Å². The Labute approximate surface area is 197 Å². The maximum absolute atomic E-state index is 12.6. The van der Waals surface area contributed by atoms with E-state index in [4.69, 9.17) is 5.26 Å². The van der Waals surface area contributed by atoms with Crippen LogP contribution in [0.5, 0.6) is 0 Å². The molecule has 0 aliphatic heterocycles. The summed E-state index contributed by atoms with van der Waals surface area (Å²) in [4.78, 5) is 29.7. The van der Waals surface area contributed by atoms with E-state index in [0.29, 0.717) is 16.8 Å². The molecule has 3 aliphatic rings. The SMILES string of the molecule is CNC(=O)c1cnc(-c2ccc3cc(C#N)cnn23)cc1NC12CCC(C(=O)NC)(CC1)CC2. The summed E-state index contributed by atoms with van der Waals surface area (Å²) in [5.41, 5.74) is 3.53. The van der Waals surface area contributed by atoms with Gasteiger partial charge in [-0.1, -0.05) is 0 Å². The number of hydrogen-bond donors (Lipinski definition) is 3. The second kappa shape index (κ2) is 8.13. The number of rotatable bonds is 5. The quantitative estimate of drug-likeness (QED) is 0.541. The van der Waals surface area contributed by atoms with Gasteiger partial charge in [0.15, 0.2) is 0 Å². The standard InChI is InChI=1S/C25H27N7O2/c1-27-22(33)18-15-29-20(21-4-3-17-11-16(13-26)14-30-32(17)21)12-19(18)31-25-8-5-24(6-9-25,7-10-25)23(34)28-2/h3-4,11-12,14-15H,5-10H2,1-2H3,(H,27,33)(H,28,34)(H,29,31). The molecule has 9 nitrogen and oxygen atoms in total. The zero-order valence-corrected chi connectivity index (χ0v) is 19.3. The van der Waals surface area contributed by atoms with Gasteiger partial charge in [-0.05, 0) is 62.8 Å². The summed E-state index contributed by atoms with van der Waals surface area (Å²) in [5.74, 6) is -0.0636. The van der Waals surface area contributed by atoms with E-state index >= 15 is 0 Å². The Morgan fingerprint density at radius 1 is 1.03 bits per heavy atom. The van der Waals surface area contributed by atoms with Crippen molar-refractivity contribution in [1.29, 1.82) is 5.26 Å². The van der Waals surface area contributed by atoms with Gasteiger partial charge in [-0.3, -0.25) is 14.6 Å². The summed E-state index contributed by atoms with van der Waals surface area (Å²) in [6.07, 6.45) is 8.24. The molecule has 0 spiro atoms. The van der Waals surface area contributed by atoms with Crippen LogP contribution in [0.1, 0.15) is 54.4 Å². The molecular weight excluding hydrogens is 430 g/mol. The van der Waals surface area contributed by atoms with E-state index in [9.17, 15) is 9.59 Å². The normalized spacial score (nSPS) is 23.3. The average Bonchev–Trinajstić information content (AvgIpc) is 3.31. The Morgan fingerprint density at radius 2 is 1.76 bits per heavy atom. The molecule has 3 heterocycles. The predicted molar refractivity (Wildman–Crippen MR) is 127 cm³/mol. The highest BCUT2D eigenvalue weighted by molar-refractivity contribution is 6.00. The number of nitrogens with one attached hydrogen (secondary N) is 3. The number of nitriles is 1. The lowest BCUT2D eigenvalue weighted by atomic mass is 9.57. The molecule has 0 unspecified atom stereocenters. The van der Waals surface area contributed by atoms with Gasteiger partial charge in [-0.25, -0.2) is 4.52 Å². The third-order valence-corrected chi connectivity index (χ3v) is 7.62. The van der Waals surface area contributed by atoms with Crippen molar-refractivity contribution >= 4 is 23.0 Å². The summed E-state index contributed by atoms with van der Waals surface area (Å²) < 4.78 is 1.74. The lowest BCUT2D eigenvalue weighted by Crippen LogP contribution is -2.55. The highest BCUT2D eigenvalue weighted by Crippen LogP contribution is 2.53. The first-order valence-corrected chi connectivity index (χ1v) is 11.5. The Bertz CT molecular complexity index is 1310. The lowest BCUT2D eigenvalue weighted by molar-refractivity contribution is -0.136. The number of carbonyl (C=O) groups excluding carboxylic acids is 2. The lowest BCUT2D eigenvalue weighted by Gasteiger charge is -2.53. The number of nitrogens with zero attached hydrogens (tertiary/aromatic N) is 4. The maximum Gasteiger partial charge on any atom is 0.254 e. The van der Waals surface area contributed by atoms with Crippen molar-refractivity contribution in [2.45, 2.75) is 44.1 Å². The fourth-order valence-electron chi connectivity index (χ4n) is 5.53. The van der Waals surface area contributed by atoms with Gasteiger partial charge < -0.3 is 16.0 Å². The third kappa shape index (κ3) is 3.46. The van der Waals surface area contributed by atoms with Crippen LogP contribution in [0.15, 0.2) is 36.7 Å². The molecule has 0 atom stereocenters. The number of fused-ring (bicyclic) bond motifs is 4. The van der Waals surface area contributed by atoms with Crippen molar-refractivity contribution in [3.8, 4) is 17.5 Å². The van der Waals surface area contributed by atoms with Crippen molar-refractivity contribution < 1.29 is 9.59 Å². The Kier molecular flexibility index (Phi) is 5.24. The van der Waals surface area contributed by atoms with Crippen LogP contribution in [0.25, 0.3) is 16.9 Å². The number of carbonyl (C=O) groups is 2. The highest BCUT2D eigenvalue weighted by atomic mass is 16.2. The fourth-order valence-corrected chi connectivity index (χ4v) is 5.53. The van der Waals surface area contributed by atoms with Crippen molar-refractivity contribution in [3.63, 3.8) is 0 Å². The summed E-state index contributed by atoms with van der Waals surface area (Å²) in [5, 5.41) is 22.8. The first-order chi connectivity index (χ1) is 16.4. The predicted octanol–water partition coefficient (Wildman–Crippen LogP) is 2.88. The Balaban J connectivity index is 1.50. The number of aromatic nitrogens is 3. The molecule has 9 heteroatoms. The number of amides is 2. The van der Waals surface area contributed by atoms with E-state index in [1.807, 2.05) is 18.2 Å². The first-order valence-electron chi connectivity index (χ1n) is 11.5. The molecule has 3 N–H and O–H groups in total. The van der Waals surface area contributed by atoms with Crippen LogP contribution >= 0.6 is 0 Å². The summed E-state index contributed by atoms with van der Waals surface area (Å²) in [6.45, 7) is 0. The van der Waals surface area contributed by atoms with E-state index in [1.165, 1.54) is 6.20 Å². The van der Waals surface area contributed by atoms with Crippen molar-refractivity contribution in [2.24, 2.45) is 5.41 Å². The fraction of sp³-hybridized carbons (Fsp3) is 0.400. The molecule has 0 radical (unpaired) electrons. The number of hydrogen-bond acceptors (Lipinski definition) is 6. The summed E-state index contributed by atoms with van der Waals surface area (Å²) >= 11 is 0. The molecule has 34 heavy (non-hydrogen) atoms. The van der Waals surface area contributed by atoms with Gasteiger partial charge in [0.1, 0.15) is 6.07 Å². The van der Waals surface area contributed by atoms with Crippen LogP contribution in [0.4, 0.5) is 5.69 Å². The number of pyridine rings is 1. The van der Waals surface area contributed by atoms with Crippen molar-refractivity contribution in [1.82, 2.24) is 25.2 Å². The smallest absolute Gasteiger partial charge is 0.254 e. The van der Waals surface area contributed by atoms with Crippen LogP contribution in [0, 0.1) is 16.7 Å². The Hall–Kier alpha value is -3.93.